The maximum Gasteiger partial charge on any atom is 0.219 e. The number of nitrogens with zero attached hydrogens (tertiary/aromatic N) is 1. The first-order valence-electron chi connectivity index (χ1n) is 6.06. The Morgan fingerprint density at radius 2 is 1.83 bits per heavy atom. The second-order valence-electron chi connectivity index (χ2n) is 5.00. The van der Waals surface area contributed by atoms with Crippen LogP contribution in [0.2, 0.25) is 0 Å². The van der Waals surface area contributed by atoms with Crippen molar-refractivity contribution >= 4 is 15.9 Å². The normalized spacial score (nSPS) is 16.3. The molecule has 0 radical (unpaired) electrons. The van der Waals surface area contributed by atoms with Crippen LogP contribution in [0.3, 0.4) is 0 Å². The summed E-state index contributed by atoms with van der Waals surface area (Å²) in [6.45, 7) is 2.30. The van der Waals surface area contributed by atoms with Gasteiger partial charge in [-0.2, -0.15) is 0 Å². The van der Waals surface area contributed by atoms with E-state index in [-0.39, 0.29) is 0 Å². The molecule has 1 saturated carbocycles. The third kappa shape index (κ3) is 2.41. The molecule has 0 unspecified atom stereocenters. The van der Waals surface area contributed by atoms with Gasteiger partial charge in [0.05, 0.1) is 0 Å². The molecule has 3 rings (SSSR count). The number of ether oxygens (including phenoxy) is 1. The average Bonchev–Trinajstić information content (AvgIpc) is 3.12. The monoisotopic (exact) mass is 303 g/mol. The van der Waals surface area contributed by atoms with Gasteiger partial charge < -0.3 is 4.74 Å². The molecular formula is C15H14BrNO. The van der Waals surface area contributed by atoms with E-state index in [1.54, 1.807) is 6.20 Å². The van der Waals surface area contributed by atoms with Crippen molar-refractivity contribution in [3.05, 3.63) is 52.6 Å². The molecule has 1 aliphatic rings. The standard InChI is InChI=1S/C15H14BrNO/c1-15(8-9-15)11-2-5-13(6-3-11)18-14-7-4-12(16)10-17-14/h2-7,10H,8-9H2,1H3. The average molecular weight is 304 g/mol. The van der Waals surface area contributed by atoms with Gasteiger partial charge >= 0.3 is 0 Å². The first-order valence-corrected chi connectivity index (χ1v) is 6.85. The van der Waals surface area contributed by atoms with Crippen molar-refractivity contribution in [1.29, 1.82) is 0 Å². The summed E-state index contributed by atoms with van der Waals surface area (Å²) >= 11 is 3.35. The van der Waals surface area contributed by atoms with Crippen LogP contribution in [0.25, 0.3) is 0 Å². The predicted octanol–water partition coefficient (Wildman–Crippen LogP) is 4.69. The van der Waals surface area contributed by atoms with Gasteiger partial charge in [0, 0.05) is 16.7 Å². The van der Waals surface area contributed by atoms with Crippen LogP contribution in [0.4, 0.5) is 0 Å². The van der Waals surface area contributed by atoms with E-state index in [1.165, 1.54) is 18.4 Å². The van der Waals surface area contributed by atoms with Gasteiger partial charge in [-0.3, -0.25) is 0 Å². The lowest BCUT2D eigenvalue weighted by Gasteiger charge is -2.10. The van der Waals surface area contributed by atoms with Gasteiger partial charge in [-0.05, 0) is 57.9 Å². The topological polar surface area (TPSA) is 22.1 Å². The number of hydrogen-bond donors (Lipinski definition) is 0. The summed E-state index contributed by atoms with van der Waals surface area (Å²) in [5, 5.41) is 0. The van der Waals surface area contributed by atoms with Crippen LogP contribution in [0.15, 0.2) is 47.1 Å². The highest BCUT2D eigenvalue weighted by Gasteiger charge is 2.38. The van der Waals surface area contributed by atoms with Gasteiger partial charge in [0.2, 0.25) is 5.88 Å². The fraction of sp³-hybridized carbons (Fsp3) is 0.267. The Bertz CT molecular complexity index is 544. The van der Waals surface area contributed by atoms with Crippen molar-refractivity contribution in [1.82, 2.24) is 4.98 Å². The lowest BCUT2D eigenvalue weighted by Crippen LogP contribution is -1.98. The van der Waals surface area contributed by atoms with E-state index in [9.17, 15) is 0 Å². The third-order valence-electron chi connectivity index (χ3n) is 3.47. The Balaban J connectivity index is 1.75. The van der Waals surface area contributed by atoms with E-state index in [1.807, 2.05) is 24.3 Å². The van der Waals surface area contributed by atoms with Crippen LogP contribution < -0.4 is 4.74 Å². The Morgan fingerprint density at radius 3 is 2.39 bits per heavy atom. The molecule has 0 atom stereocenters. The first-order chi connectivity index (χ1) is 8.66. The van der Waals surface area contributed by atoms with Crippen LogP contribution in [0.1, 0.15) is 25.3 Å². The fourth-order valence-corrected chi connectivity index (χ4v) is 2.18. The Kier molecular flexibility index (Phi) is 2.86. The minimum atomic E-state index is 0.411. The highest BCUT2D eigenvalue weighted by molar-refractivity contribution is 9.10. The Hall–Kier alpha value is -1.35. The molecule has 2 aromatic rings. The van der Waals surface area contributed by atoms with Crippen LogP contribution in [0, 0.1) is 0 Å². The summed E-state index contributed by atoms with van der Waals surface area (Å²) in [7, 11) is 0. The molecule has 18 heavy (non-hydrogen) atoms. The molecular weight excluding hydrogens is 290 g/mol. The fourth-order valence-electron chi connectivity index (χ4n) is 1.94. The number of rotatable bonds is 3. The molecule has 0 bridgehead atoms. The molecule has 0 spiro atoms. The van der Waals surface area contributed by atoms with E-state index in [0.717, 1.165) is 10.2 Å². The zero-order valence-electron chi connectivity index (χ0n) is 10.2. The molecule has 1 aromatic heterocycles. The Labute approximate surface area is 115 Å². The zero-order chi connectivity index (χ0) is 12.6. The largest absolute Gasteiger partial charge is 0.439 e. The number of halogens is 1. The second kappa shape index (κ2) is 4.39. The Morgan fingerprint density at radius 1 is 1.11 bits per heavy atom. The van der Waals surface area contributed by atoms with Gasteiger partial charge in [-0.25, -0.2) is 4.98 Å². The van der Waals surface area contributed by atoms with Gasteiger partial charge in [0.15, 0.2) is 0 Å². The summed E-state index contributed by atoms with van der Waals surface area (Å²) in [4.78, 5) is 4.19. The smallest absolute Gasteiger partial charge is 0.219 e. The van der Waals surface area contributed by atoms with Crippen LogP contribution in [-0.2, 0) is 5.41 Å². The highest BCUT2D eigenvalue weighted by Crippen LogP contribution is 2.47. The summed E-state index contributed by atoms with van der Waals surface area (Å²) in [6.07, 6.45) is 4.32. The molecule has 1 aliphatic carbocycles. The van der Waals surface area contributed by atoms with Gasteiger partial charge in [-0.15, -0.1) is 0 Å². The highest BCUT2D eigenvalue weighted by atomic mass is 79.9. The summed E-state index contributed by atoms with van der Waals surface area (Å²) in [5.41, 5.74) is 1.81. The number of hydrogen-bond acceptors (Lipinski definition) is 2. The van der Waals surface area contributed by atoms with Crippen LogP contribution >= 0.6 is 15.9 Å². The van der Waals surface area contributed by atoms with Gasteiger partial charge in [-0.1, -0.05) is 19.1 Å². The molecule has 92 valence electrons. The third-order valence-corrected chi connectivity index (χ3v) is 3.94. The van der Waals surface area contributed by atoms with Crippen molar-refractivity contribution in [3.8, 4) is 11.6 Å². The van der Waals surface area contributed by atoms with Gasteiger partial charge in [0.1, 0.15) is 5.75 Å². The predicted molar refractivity (Wildman–Crippen MR) is 75.0 cm³/mol. The lowest BCUT2D eigenvalue weighted by molar-refractivity contribution is 0.462. The number of benzene rings is 1. The molecule has 3 heteroatoms. The van der Waals surface area contributed by atoms with Crippen LogP contribution in [-0.4, -0.2) is 4.98 Å². The summed E-state index contributed by atoms with van der Waals surface area (Å²) < 4.78 is 6.64. The number of aromatic nitrogens is 1. The van der Waals surface area contributed by atoms with Crippen molar-refractivity contribution in [3.63, 3.8) is 0 Å². The molecule has 1 fully saturated rings. The van der Waals surface area contributed by atoms with E-state index in [4.69, 9.17) is 4.74 Å². The van der Waals surface area contributed by atoms with Crippen molar-refractivity contribution in [2.45, 2.75) is 25.2 Å². The minimum Gasteiger partial charge on any atom is -0.439 e. The quantitative estimate of drug-likeness (QED) is 0.821. The summed E-state index contributed by atoms with van der Waals surface area (Å²) in [6, 6.07) is 12.1. The first kappa shape index (κ1) is 11.7. The van der Waals surface area contributed by atoms with E-state index in [2.05, 4.69) is 40.0 Å². The molecule has 1 aromatic carbocycles. The van der Waals surface area contributed by atoms with E-state index < -0.39 is 0 Å². The van der Waals surface area contributed by atoms with Crippen molar-refractivity contribution < 1.29 is 4.74 Å². The second-order valence-corrected chi connectivity index (χ2v) is 5.92. The number of pyridine rings is 1. The van der Waals surface area contributed by atoms with Crippen molar-refractivity contribution in [2.75, 3.05) is 0 Å². The molecule has 0 N–H and O–H groups in total. The lowest BCUT2D eigenvalue weighted by atomic mass is 9.99. The zero-order valence-corrected chi connectivity index (χ0v) is 11.8. The maximum atomic E-state index is 5.69. The molecule has 2 nitrogen and oxygen atoms in total. The minimum absolute atomic E-state index is 0.411. The molecule has 0 saturated heterocycles. The van der Waals surface area contributed by atoms with E-state index >= 15 is 0 Å². The molecule has 0 aliphatic heterocycles. The van der Waals surface area contributed by atoms with E-state index in [0.29, 0.717) is 11.3 Å². The SMILES string of the molecule is CC1(c2ccc(Oc3ccc(Br)cn3)cc2)CC1. The van der Waals surface area contributed by atoms with Crippen LogP contribution in [0.5, 0.6) is 11.6 Å². The molecule has 1 heterocycles. The maximum absolute atomic E-state index is 5.69. The summed E-state index contributed by atoms with van der Waals surface area (Å²) in [5.74, 6) is 1.45. The molecule has 0 amide bonds. The van der Waals surface area contributed by atoms with Gasteiger partial charge in [0.25, 0.3) is 0 Å². The van der Waals surface area contributed by atoms with Crippen molar-refractivity contribution in [2.24, 2.45) is 0 Å².